The van der Waals surface area contributed by atoms with E-state index in [9.17, 15) is 5.26 Å². The van der Waals surface area contributed by atoms with Crippen LogP contribution in [0.1, 0.15) is 63.1 Å². The van der Waals surface area contributed by atoms with E-state index < -0.39 is 0 Å². The first-order valence-electron chi connectivity index (χ1n) is 24.7. The number of H-pyrrole nitrogens is 2. The molecule has 10 rings (SSSR count). The van der Waals surface area contributed by atoms with Crippen LogP contribution in [0.4, 0.5) is 11.4 Å². The van der Waals surface area contributed by atoms with E-state index in [1.54, 1.807) is 21.3 Å². The number of nitriles is 1. The van der Waals surface area contributed by atoms with Crippen LogP contribution in [0.25, 0.3) is 54.2 Å². The van der Waals surface area contributed by atoms with Gasteiger partial charge in [-0.2, -0.15) is 20.6 Å². The summed E-state index contributed by atoms with van der Waals surface area (Å²) in [6, 6.07) is 10.1. The Morgan fingerprint density at radius 2 is 0.928 bits per heavy atom. The summed E-state index contributed by atoms with van der Waals surface area (Å²) in [7, 11) is 12.4. The van der Waals surface area contributed by atoms with Gasteiger partial charge in [0.25, 0.3) is 35.3 Å². The van der Waals surface area contributed by atoms with Crippen LogP contribution in [0.15, 0.2) is 29.4 Å². The quantitative estimate of drug-likeness (QED) is 0.0230. The molecule has 0 saturated heterocycles. The fourth-order valence-corrected chi connectivity index (χ4v) is 10.7. The number of ether oxygens (including phenoxy) is 8. The van der Waals surface area contributed by atoms with Crippen LogP contribution in [0.5, 0.6) is 35.3 Å². The third kappa shape index (κ3) is 13.1. The number of anilines is 2. The van der Waals surface area contributed by atoms with E-state index in [0.29, 0.717) is 64.6 Å². The van der Waals surface area contributed by atoms with Crippen molar-refractivity contribution in [1.29, 1.82) is 5.26 Å². The van der Waals surface area contributed by atoms with Crippen LogP contribution in [0.2, 0.25) is 0 Å². The number of aryl methyl sites for hydroxylation is 4. The third-order valence-electron chi connectivity index (χ3n) is 13.4. The molecule has 4 aromatic carbocycles. The fraction of sp³-hybridized carbons (Fsp3) is 0.345. The van der Waals surface area contributed by atoms with Crippen LogP contribution in [-0.2, 0) is 9.47 Å². The predicted octanol–water partition coefficient (Wildman–Crippen LogP) is 10.3. The first kappa shape index (κ1) is 63.7. The van der Waals surface area contributed by atoms with Gasteiger partial charge < -0.3 is 60.1 Å². The molecule has 438 valence electrons. The second kappa shape index (κ2) is 27.5. The Labute approximate surface area is 498 Å². The molecule has 5 aromatic heterocycles. The Balaban J connectivity index is 0.000000178. The number of amidine groups is 1. The van der Waals surface area contributed by atoms with E-state index in [4.69, 9.17) is 73.9 Å². The van der Waals surface area contributed by atoms with Gasteiger partial charge in [-0.15, -0.1) is 0 Å². The first-order chi connectivity index (χ1) is 39.2. The lowest BCUT2D eigenvalue weighted by atomic mass is 9.98. The number of nitrogens with two attached hydrogens (primary N) is 2. The van der Waals surface area contributed by atoms with Crippen LogP contribution in [0, 0.1) is 74.6 Å². The molecular formula is C55H66N16O8S4. The van der Waals surface area contributed by atoms with Crippen molar-refractivity contribution in [2.45, 2.75) is 75.3 Å². The van der Waals surface area contributed by atoms with Crippen LogP contribution in [0.3, 0.4) is 0 Å². The number of aromatic nitrogens is 10. The van der Waals surface area contributed by atoms with Crippen molar-refractivity contribution in [2.75, 3.05) is 67.5 Å². The van der Waals surface area contributed by atoms with Crippen LogP contribution >= 0.6 is 47.1 Å². The highest BCUT2D eigenvalue weighted by atomic mass is 32.2. The number of rotatable bonds is 11. The van der Waals surface area contributed by atoms with Gasteiger partial charge in [0.15, 0.2) is 26.2 Å². The van der Waals surface area contributed by atoms with E-state index in [-0.39, 0.29) is 37.5 Å². The molecule has 0 radical (unpaired) electrons. The molecule has 0 fully saturated rings. The molecular weight excluding hydrogens is 1140 g/mol. The molecule has 1 aliphatic heterocycles. The zero-order valence-corrected chi connectivity index (χ0v) is 51.3. The van der Waals surface area contributed by atoms with Gasteiger partial charge in [0, 0.05) is 30.9 Å². The molecule has 0 saturated carbocycles. The summed E-state index contributed by atoms with van der Waals surface area (Å²) in [5.41, 5.74) is 23.2. The number of nitrogens with one attached hydrogen (secondary N) is 4. The summed E-state index contributed by atoms with van der Waals surface area (Å²) in [6.45, 7) is 16.0. The van der Waals surface area contributed by atoms with Crippen molar-refractivity contribution >= 4 is 97.4 Å². The summed E-state index contributed by atoms with van der Waals surface area (Å²) < 4.78 is 43.2. The molecule has 6 heterocycles. The average molecular weight is 1210 g/mol. The molecule has 0 bridgehead atoms. The Bertz CT molecular complexity index is 4070. The van der Waals surface area contributed by atoms with Crippen molar-refractivity contribution in [3.63, 3.8) is 0 Å². The normalized spacial score (nSPS) is 13.3. The van der Waals surface area contributed by atoms with Gasteiger partial charge in [-0.1, -0.05) is 30.1 Å². The van der Waals surface area contributed by atoms with Gasteiger partial charge in [-0.25, -0.2) is 29.9 Å². The molecule has 2 unspecified atom stereocenters. The van der Waals surface area contributed by atoms with Crippen molar-refractivity contribution < 1.29 is 37.9 Å². The second-order valence-corrected chi connectivity index (χ2v) is 21.4. The molecule has 28 heteroatoms. The number of methoxy groups -OCH3 is 8. The van der Waals surface area contributed by atoms with Crippen molar-refractivity contribution in [3.8, 4) is 62.5 Å². The molecule has 24 nitrogen and oxygen atoms in total. The third-order valence-corrected chi connectivity index (χ3v) is 15.7. The topological polar surface area (TPSA) is 321 Å². The minimum Gasteiger partial charge on any atom is -0.477 e. The van der Waals surface area contributed by atoms with Gasteiger partial charge in [0.05, 0.1) is 76.1 Å². The number of hydrogen-bond acceptors (Lipinski definition) is 25. The Morgan fingerprint density at radius 3 is 1.37 bits per heavy atom. The maximum Gasteiger partial charge on any atom is 0.278 e. The van der Waals surface area contributed by atoms with Gasteiger partial charge in [-0.05, 0) is 149 Å². The summed E-state index contributed by atoms with van der Waals surface area (Å²) in [6.07, 6.45) is -0.546. The lowest BCUT2D eigenvalue weighted by Gasteiger charge is -2.35. The van der Waals surface area contributed by atoms with E-state index in [1.165, 1.54) is 63.8 Å². The minimum absolute atomic E-state index is 0. The largest absolute Gasteiger partial charge is 0.477 e. The van der Waals surface area contributed by atoms with Crippen molar-refractivity contribution in [2.24, 2.45) is 16.7 Å². The van der Waals surface area contributed by atoms with E-state index >= 15 is 0 Å². The zero-order chi connectivity index (χ0) is 59.9. The first-order valence-corrected chi connectivity index (χ1v) is 27.2. The second-order valence-electron chi connectivity index (χ2n) is 18.1. The Hall–Kier alpha value is -8.46. The number of aromatic amines is 2. The highest BCUT2D eigenvalue weighted by molar-refractivity contribution is 7.73. The summed E-state index contributed by atoms with van der Waals surface area (Å²) in [5, 5.41) is 35.5. The van der Waals surface area contributed by atoms with Gasteiger partial charge in [-0.3, -0.25) is 10.2 Å². The van der Waals surface area contributed by atoms with E-state index in [1.807, 2.05) is 59.7 Å². The minimum atomic E-state index is -0.287. The molecule has 1 aliphatic rings. The molecule has 83 heavy (non-hydrogen) atoms. The Kier molecular flexibility index (Phi) is 21.1. The number of hydrazone groups is 1. The van der Waals surface area contributed by atoms with Crippen molar-refractivity contribution in [3.05, 3.63) is 87.8 Å². The molecule has 0 aliphatic carbocycles. The molecule has 8 N–H and O–H groups in total. The lowest BCUT2D eigenvalue weighted by molar-refractivity contribution is -0.00793. The lowest BCUT2D eigenvalue weighted by Crippen LogP contribution is -2.45. The molecule has 9 aromatic rings. The molecule has 0 spiro atoms. The molecule has 0 amide bonds. The van der Waals surface area contributed by atoms with Gasteiger partial charge in [0.2, 0.25) is 0 Å². The number of hydrogen-bond donors (Lipinski definition) is 6. The van der Waals surface area contributed by atoms with Crippen LogP contribution in [-0.4, -0.2) is 125 Å². The van der Waals surface area contributed by atoms with E-state index in [2.05, 4.69) is 92.0 Å². The van der Waals surface area contributed by atoms with Gasteiger partial charge >= 0.3 is 0 Å². The number of benzene rings is 4. The summed E-state index contributed by atoms with van der Waals surface area (Å²) in [4.78, 5) is 26.5. The van der Waals surface area contributed by atoms with Crippen LogP contribution < -0.4 is 50.6 Å². The number of fused-ring (bicyclic) bond motifs is 4. The average Bonchev–Trinajstić information content (AvgIpc) is 3.88. The maximum atomic E-state index is 9.24. The number of nitrogens with zero attached hydrogens (tertiary/aromatic N) is 10. The predicted molar refractivity (Wildman–Crippen MR) is 330 cm³/mol. The monoisotopic (exact) mass is 1210 g/mol. The summed E-state index contributed by atoms with van der Waals surface area (Å²) in [5.74, 6) is 7.41. The van der Waals surface area contributed by atoms with Gasteiger partial charge in [0.1, 0.15) is 32.6 Å². The highest BCUT2D eigenvalue weighted by Gasteiger charge is 2.31. The van der Waals surface area contributed by atoms with E-state index in [0.717, 1.165) is 82.5 Å². The zero-order valence-electron chi connectivity index (χ0n) is 48.0. The smallest absolute Gasteiger partial charge is 0.278 e. The fourth-order valence-electron chi connectivity index (χ4n) is 8.68. The summed E-state index contributed by atoms with van der Waals surface area (Å²) >= 11 is 13.2. The molecule has 2 atom stereocenters. The standard InChI is InChI=1S/C14H18N4O2S2.C14H14N4O2S2.C13H17N5O2.C13H13N3O2.CH4/c2*1-6-5-8-10(16-12(20-4)11(15-8)19-3)9(7(6)2)13-17-18-14(21)22-13;1-6-5-8-10(9(7(6)2)11(14)18-15)17-13(20-4)12(16-8)19-3;1-7-5-10-11(9(6-14)8(7)2)16-13(18-4)12(15-10)17-3;/h5,11-12,15-16H,1-4H3,(H,18,21);5H,1-4H3,(H,18,21);5H,15H2,1-4H3,(H2,14,18);5H,1-4H3;1H4. The maximum absolute atomic E-state index is 9.24. The SMILES string of the molecule is C.COC1Nc2cc(C)c(C)c(-c3n[nH]c(=S)s3)c2NC1OC.COc1nc2cc(C)c(C)c(-c3n[nH]c(=S)s3)c2nc1OC.COc1nc2cc(C)c(C)c(C#N)c2nc1OC.COc1nc2cc(C)c(C)c(C(N)=NN)c2nc1OC. The Morgan fingerprint density at radius 1 is 0.542 bits per heavy atom. The highest BCUT2D eigenvalue weighted by Crippen LogP contribution is 2.43. The van der Waals surface area contributed by atoms with Crippen molar-refractivity contribution in [1.82, 2.24) is 50.3 Å².